The van der Waals surface area contributed by atoms with Crippen molar-refractivity contribution < 1.29 is 23.8 Å². The van der Waals surface area contributed by atoms with Gasteiger partial charge in [-0.15, -0.1) is 0 Å². The number of carbonyl (C=O) groups is 2. The molecular formula is C21H28N2O5. The van der Waals surface area contributed by atoms with Crippen molar-refractivity contribution in [3.8, 4) is 5.75 Å². The van der Waals surface area contributed by atoms with Gasteiger partial charge in [-0.2, -0.15) is 0 Å². The normalized spacial score (nSPS) is 20.5. The molecule has 0 aliphatic carbocycles. The average molecular weight is 388 g/mol. The molecule has 0 N–H and O–H groups in total. The van der Waals surface area contributed by atoms with E-state index < -0.39 is 17.7 Å². The van der Waals surface area contributed by atoms with E-state index in [1.165, 1.54) is 19.9 Å². The molecule has 0 aromatic heterocycles. The molecule has 0 unspecified atom stereocenters. The van der Waals surface area contributed by atoms with E-state index in [4.69, 9.17) is 14.2 Å². The Hall–Kier alpha value is -2.38. The van der Waals surface area contributed by atoms with Crippen molar-refractivity contribution >= 4 is 18.0 Å². The Labute approximate surface area is 165 Å². The Morgan fingerprint density at radius 3 is 2.46 bits per heavy atom. The molecule has 152 valence electrons. The first-order valence-corrected chi connectivity index (χ1v) is 9.64. The van der Waals surface area contributed by atoms with Gasteiger partial charge in [0.1, 0.15) is 11.3 Å². The van der Waals surface area contributed by atoms with Crippen LogP contribution in [0.25, 0.3) is 6.08 Å². The summed E-state index contributed by atoms with van der Waals surface area (Å²) in [6.45, 7) is 9.10. The molecule has 2 saturated heterocycles. The summed E-state index contributed by atoms with van der Waals surface area (Å²) >= 11 is 0. The van der Waals surface area contributed by atoms with Gasteiger partial charge in [-0.3, -0.25) is 0 Å². The van der Waals surface area contributed by atoms with Crippen LogP contribution in [0.15, 0.2) is 29.8 Å². The Balaban J connectivity index is 1.53. The molecule has 0 spiro atoms. The number of rotatable bonds is 6. The first kappa shape index (κ1) is 20.4. The molecule has 1 aromatic carbocycles. The topological polar surface area (TPSA) is 68.3 Å². The van der Waals surface area contributed by atoms with E-state index in [0.717, 1.165) is 39.1 Å². The third kappa shape index (κ3) is 5.56. The zero-order valence-corrected chi connectivity index (χ0v) is 16.8. The highest BCUT2D eigenvalue weighted by Gasteiger charge is 2.38. The van der Waals surface area contributed by atoms with Gasteiger partial charge < -0.3 is 24.0 Å². The lowest BCUT2D eigenvalue weighted by molar-refractivity contribution is -0.222. The highest BCUT2D eigenvalue weighted by Crippen LogP contribution is 2.25. The molecule has 0 bridgehead atoms. The second-order valence-electron chi connectivity index (χ2n) is 7.66. The number of carbonyl (C=O) groups excluding carboxylic acids is 2. The van der Waals surface area contributed by atoms with Crippen LogP contribution in [-0.2, 0) is 19.1 Å². The SMILES string of the molecule is CN1CCN(CCCOc2cccc(C=C3C(=O)OC(C)(C)OC3=O)c2)CC1. The number of likely N-dealkylation sites (N-methyl/N-ethyl adjacent to an activating group) is 1. The van der Waals surface area contributed by atoms with Crippen molar-refractivity contribution in [2.24, 2.45) is 0 Å². The number of cyclic esters (lactones) is 2. The number of ether oxygens (including phenoxy) is 3. The summed E-state index contributed by atoms with van der Waals surface area (Å²) in [5.41, 5.74) is 0.562. The lowest BCUT2D eigenvalue weighted by Crippen LogP contribution is -2.44. The minimum Gasteiger partial charge on any atom is -0.494 e. The molecule has 0 amide bonds. The van der Waals surface area contributed by atoms with Crippen LogP contribution in [0.5, 0.6) is 5.75 Å². The van der Waals surface area contributed by atoms with Crippen molar-refractivity contribution in [3.05, 3.63) is 35.4 Å². The minimum atomic E-state index is -1.24. The molecule has 2 fully saturated rings. The van der Waals surface area contributed by atoms with Crippen LogP contribution >= 0.6 is 0 Å². The zero-order chi connectivity index (χ0) is 20.1. The summed E-state index contributed by atoms with van der Waals surface area (Å²) in [6.07, 6.45) is 2.42. The maximum atomic E-state index is 12.1. The first-order chi connectivity index (χ1) is 13.3. The van der Waals surface area contributed by atoms with Gasteiger partial charge in [0.25, 0.3) is 5.79 Å². The Morgan fingerprint density at radius 2 is 1.79 bits per heavy atom. The van der Waals surface area contributed by atoms with Crippen LogP contribution in [0.3, 0.4) is 0 Å². The van der Waals surface area contributed by atoms with Gasteiger partial charge in [0.05, 0.1) is 6.61 Å². The summed E-state index contributed by atoms with van der Waals surface area (Å²) in [4.78, 5) is 28.9. The highest BCUT2D eigenvalue weighted by atomic mass is 16.7. The summed E-state index contributed by atoms with van der Waals surface area (Å²) in [5, 5.41) is 0. The smallest absolute Gasteiger partial charge is 0.348 e. The predicted molar refractivity (Wildman–Crippen MR) is 105 cm³/mol. The van der Waals surface area contributed by atoms with Crippen molar-refractivity contribution in [1.82, 2.24) is 9.80 Å². The molecule has 28 heavy (non-hydrogen) atoms. The molecule has 7 heteroatoms. The molecule has 1 aromatic rings. The van der Waals surface area contributed by atoms with E-state index in [0.29, 0.717) is 17.9 Å². The van der Waals surface area contributed by atoms with Gasteiger partial charge >= 0.3 is 11.9 Å². The Morgan fingerprint density at radius 1 is 1.11 bits per heavy atom. The van der Waals surface area contributed by atoms with E-state index in [2.05, 4.69) is 16.8 Å². The standard InChI is InChI=1S/C21H28N2O5/c1-21(2)27-19(24)18(20(25)28-21)15-16-6-4-7-17(14-16)26-13-5-8-23-11-9-22(3)10-12-23/h4,6-7,14-15H,5,8-13H2,1-3H3. The summed E-state index contributed by atoms with van der Waals surface area (Å²) in [5.74, 6) is -1.90. The predicted octanol–water partition coefficient (Wildman–Crippen LogP) is 1.92. The van der Waals surface area contributed by atoms with Crippen LogP contribution in [-0.4, -0.2) is 73.9 Å². The Bertz CT molecular complexity index is 729. The molecule has 0 atom stereocenters. The fourth-order valence-corrected chi connectivity index (χ4v) is 3.19. The number of hydrogen-bond acceptors (Lipinski definition) is 7. The van der Waals surface area contributed by atoms with Gasteiger partial charge in [-0.25, -0.2) is 9.59 Å². The minimum absolute atomic E-state index is 0.119. The van der Waals surface area contributed by atoms with Crippen LogP contribution in [0.4, 0.5) is 0 Å². The second-order valence-corrected chi connectivity index (χ2v) is 7.66. The molecule has 0 saturated carbocycles. The van der Waals surface area contributed by atoms with E-state index in [-0.39, 0.29) is 5.57 Å². The van der Waals surface area contributed by atoms with Gasteiger partial charge in [0.15, 0.2) is 0 Å². The second kappa shape index (κ2) is 8.75. The van der Waals surface area contributed by atoms with E-state index >= 15 is 0 Å². The molecule has 2 aliphatic rings. The number of piperazine rings is 1. The van der Waals surface area contributed by atoms with Gasteiger partial charge in [-0.1, -0.05) is 12.1 Å². The zero-order valence-electron chi connectivity index (χ0n) is 16.8. The van der Waals surface area contributed by atoms with E-state index in [9.17, 15) is 9.59 Å². The largest absolute Gasteiger partial charge is 0.494 e. The van der Waals surface area contributed by atoms with Crippen molar-refractivity contribution in [3.63, 3.8) is 0 Å². The van der Waals surface area contributed by atoms with Crippen LogP contribution in [0.1, 0.15) is 25.8 Å². The van der Waals surface area contributed by atoms with E-state index in [1.807, 2.05) is 12.1 Å². The van der Waals surface area contributed by atoms with Crippen molar-refractivity contribution in [2.75, 3.05) is 46.4 Å². The lowest BCUT2D eigenvalue weighted by atomic mass is 10.1. The van der Waals surface area contributed by atoms with Crippen LogP contribution in [0.2, 0.25) is 0 Å². The third-order valence-corrected chi connectivity index (χ3v) is 4.77. The van der Waals surface area contributed by atoms with Gasteiger partial charge in [0, 0.05) is 46.6 Å². The van der Waals surface area contributed by atoms with Crippen LogP contribution < -0.4 is 4.74 Å². The molecule has 0 radical (unpaired) electrons. The molecule has 2 aliphatic heterocycles. The van der Waals surface area contributed by atoms with Crippen molar-refractivity contribution in [2.45, 2.75) is 26.1 Å². The molecule has 3 rings (SSSR count). The molecule has 2 heterocycles. The number of hydrogen-bond donors (Lipinski definition) is 0. The van der Waals surface area contributed by atoms with E-state index in [1.54, 1.807) is 12.1 Å². The summed E-state index contributed by atoms with van der Waals surface area (Å²) < 4.78 is 16.1. The molecular weight excluding hydrogens is 360 g/mol. The maximum Gasteiger partial charge on any atom is 0.348 e. The van der Waals surface area contributed by atoms with Crippen molar-refractivity contribution in [1.29, 1.82) is 0 Å². The fourth-order valence-electron chi connectivity index (χ4n) is 3.19. The van der Waals surface area contributed by atoms with Gasteiger partial charge in [0.2, 0.25) is 0 Å². The fraction of sp³-hybridized carbons (Fsp3) is 0.524. The number of esters is 2. The number of nitrogens with zero attached hydrogens (tertiary/aromatic N) is 2. The monoisotopic (exact) mass is 388 g/mol. The van der Waals surface area contributed by atoms with Gasteiger partial charge in [-0.05, 0) is 37.2 Å². The van der Waals surface area contributed by atoms with Crippen LogP contribution in [0, 0.1) is 0 Å². The average Bonchev–Trinajstić information content (AvgIpc) is 2.63. The third-order valence-electron chi connectivity index (χ3n) is 4.77. The summed E-state index contributed by atoms with van der Waals surface area (Å²) in [7, 11) is 2.15. The number of benzene rings is 1. The quantitative estimate of drug-likeness (QED) is 0.319. The highest BCUT2D eigenvalue weighted by molar-refractivity contribution is 6.18. The molecule has 7 nitrogen and oxygen atoms in total. The summed E-state index contributed by atoms with van der Waals surface area (Å²) in [6, 6.07) is 7.28. The first-order valence-electron chi connectivity index (χ1n) is 9.64. The maximum absolute atomic E-state index is 12.1. The lowest BCUT2D eigenvalue weighted by Gasteiger charge is -2.32. The Kier molecular flexibility index (Phi) is 6.36.